The molecular weight excluding hydrogens is 228 g/mol. The normalized spacial score (nSPS) is 9.78. The average molecular weight is 247 g/mol. The summed E-state index contributed by atoms with van der Waals surface area (Å²) in [6, 6.07) is 10.4. The topological polar surface area (TPSA) is 35.5 Å². The number of benzene rings is 1. The Morgan fingerprint density at radius 2 is 1.83 bits per heavy atom. The molecule has 0 aliphatic carbocycles. The second kappa shape index (κ2) is 9.28. The quantitative estimate of drug-likeness (QED) is 0.382. The van der Waals surface area contributed by atoms with Crippen LogP contribution in [-0.4, -0.2) is 19.2 Å². The van der Waals surface area contributed by atoms with E-state index in [9.17, 15) is 4.79 Å². The molecular formula is C15H19O3. The molecule has 0 heterocycles. The minimum Gasteiger partial charge on any atom is -0.494 e. The summed E-state index contributed by atoms with van der Waals surface area (Å²) in [7, 11) is 0. The molecule has 97 valence electrons. The van der Waals surface area contributed by atoms with E-state index in [0.717, 1.165) is 38.0 Å². The largest absolute Gasteiger partial charge is 0.494 e. The van der Waals surface area contributed by atoms with Crippen molar-refractivity contribution in [3.63, 3.8) is 0 Å². The zero-order valence-corrected chi connectivity index (χ0v) is 10.6. The van der Waals surface area contributed by atoms with Gasteiger partial charge in [0.05, 0.1) is 13.2 Å². The number of hydrogen-bond donors (Lipinski definition) is 0. The van der Waals surface area contributed by atoms with Crippen LogP contribution >= 0.6 is 0 Å². The van der Waals surface area contributed by atoms with Crippen molar-refractivity contribution >= 4 is 5.97 Å². The molecule has 0 amide bonds. The molecule has 0 saturated heterocycles. The molecule has 1 aromatic carbocycles. The lowest BCUT2D eigenvalue weighted by Gasteiger charge is -2.05. The summed E-state index contributed by atoms with van der Waals surface area (Å²) < 4.78 is 10.4. The second-order valence-electron chi connectivity index (χ2n) is 3.87. The van der Waals surface area contributed by atoms with Crippen molar-refractivity contribution in [2.45, 2.75) is 25.7 Å². The highest BCUT2D eigenvalue weighted by Gasteiger charge is 1.96. The van der Waals surface area contributed by atoms with Gasteiger partial charge in [-0.05, 0) is 43.9 Å². The van der Waals surface area contributed by atoms with Crippen LogP contribution in [-0.2, 0) is 9.53 Å². The summed E-state index contributed by atoms with van der Waals surface area (Å²) in [5.74, 6) is 0.535. The lowest BCUT2D eigenvalue weighted by atomic mass is 10.2. The number of hydrogen-bond acceptors (Lipinski definition) is 3. The molecule has 0 spiro atoms. The third-order valence-electron chi connectivity index (χ3n) is 2.41. The summed E-state index contributed by atoms with van der Waals surface area (Å²) in [5.41, 5.74) is 0. The first kappa shape index (κ1) is 14.3. The SMILES string of the molecule is C=CC(=O)OCCCCCCOc1cc[c]cc1. The first-order valence-corrected chi connectivity index (χ1v) is 6.21. The monoisotopic (exact) mass is 247 g/mol. The maximum absolute atomic E-state index is 10.7. The van der Waals surface area contributed by atoms with Gasteiger partial charge in [0.25, 0.3) is 0 Å². The van der Waals surface area contributed by atoms with E-state index in [1.165, 1.54) is 6.08 Å². The Bertz CT molecular complexity index is 346. The molecule has 0 saturated carbocycles. The van der Waals surface area contributed by atoms with Gasteiger partial charge in [0.15, 0.2) is 0 Å². The van der Waals surface area contributed by atoms with Crippen LogP contribution in [0, 0.1) is 6.07 Å². The predicted octanol–water partition coefficient (Wildman–Crippen LogP) is 3.16. The molecule has 0 unspecified atom stereocenters. The number of unbranched alkanes of at least 4 members (excludes halogenated alkanes) is 3. The van der Waals surface area contributed by atoms with E-state index < -0.39 is 0 Å². The van der Waals surface area contributed by atoms with E-state index in [-0.39, 0.29) is 5.97 Å². The Morgan fingerprint density at radius 1 is 1.17 bits per heavy atom. The molecule has 0 aliphatic rings. The zero-order chi connectivity index (χ0) is 13.1. The van der Waals surface area contributed by atoms with E-state index in [1.54, 1.807) is 0 Å². The second-order valence-corrected chi connectivity index (χ2v) is 3.87. The lowest BCUT2D eigenvalue weighted by molar-refractivity contribution is -0.137. The fourth-order valence-corrected chi connectivity index (χ4v) is 1.45. The lowest BCUT2D eigenvalue weighted by Crippen LogP contribution is -2.02. The fraction of sp³-hybridized carbons (Fsp3) is 0.400. The first-order valence-electron chi connectivity index (χ1n) is 6.21. The molecule has 1 radical (unpaired) electrons. The van der Waals surface area contributed by atoms with Crippen LogP contribution in [0.4, 0.5) is 0 Å². The van der Waals surface area contributed by atoms with Crippen LogP contribution in [0.25, 0.3) is 0 Å². The van der Waals surface area contributed by atoms with Crippen molar-refractivity contribution in [3.8, 4) is 5.75 Å². The first-order chi connectivity index (χ1) is 8.83. The molecule has 0 atom stereocenters. The van der Waals surface area contributed by atoms with Gasteiger partial charge in [0.2, 0.25) is 0 Å². The van der Waals surface area contributed by atoms with Crippen LogP contribution in [0.1, 0.15) is 25.7 Å². The van der Waals surface area contributed by atoms with Crippen molar-refractivity contribution in [2.24, 2.45) is 0 Å². The maximum atomic E-state index is 10.7. The number of esters is 1. The Hall–Kier alpha value is -1.77. The van der Waals surface area contributed by atoms with E-state index >= 15 is 0 Å². The summed E-state index contributed by atoms with van der Waals surface area (Å²) in [6.07, 6.45) is 5.19. The summed E-state index contributed by atoms with van der Waals surface area (Å²) in [5, 5.41) is 0. The van der Waals surface area contributed by atoms with Gasteiger partial charge in [-0.3, -0.25) is 0 Å². The minimum absolute atomic E-state index is 0.348. The molecule has 0 bridgehead atoms. The van der Waals surface area contributed by atoms with Crippen molar-refractivity contribution < 1.29 is 14.3 Å². The number of carbonyl (C=O) groups excluding carboxylic acids is 1. The van der Waals surface area contributed by atoms with E-state index in [2.05, 4.69) is 12.6 Å². The molecule has 0 aliphatic heterocycles. The smallest absolute Gasteiger partial charge is 0.330 e. The van der Waals surface area contributed by atoms with Gasteiger partial charge in [0.1, 0.15) is 5.75 Å². The highest BCUT2D eigenvalue weighted by Crippen LogP contribution is 2.09. The highest BCUT2D eigenvalue weighted by molar-refractivity contribution is 5.81. The van der Waals surface area contributed by atoms with Gasteiger partial charge in [-0.2, -0.15) is 0 Å². The molecule has 0 N–H and O–H groups in total. The predicted molar refractivity (Wildman–Crippen MR) is 70.4 cm³/mol. The van der Waals surface area contributed by atoms with Crippen LogP contribution < -0.4 is 4.74 Å². The third-order valence-corrected chi connectivity index (χ3v) is 2.41. The van der Waals surface area contributed by atoms with E-state index in [0.29, 0.717) is 6.61 Å². The summed E-state index contributed by atoms with van der Waals surface area (Å²) >= 11 is 0. The minimum atomic E-state index is -0.348. The Kier molecular flexibility index (Phi) is 7.37. The van der Waals surface area contributed by atoms with Gasteiger partial charge < -0.3 is 9.47 Å². The van der Waals surface area contributed by atoms with Gasteiger partial charge in [-0.1, -0.05) is 18.7 Å². The number of carbonyl (C=O) groups is 1. The molecule has 3 nitrogen and oxygen atoms in total. The van der Waals surface area contributed by atoms with Crippen molar-refractivity contribution in [3.05, 3.63) is 43.0 Å². The van der Waals surface area contributed by atoms with Crippen LogP contribution in [0.5, 0.6) is 5.75 Å². The van der Waals surface area contributed by atoms with Gasteiger partial charge in [-0.25, -0.2) is 4.79 Å². The standard InChI is InChI=1S/C15H19O3/c1-2-15(16)18-13-9-4-3-8-12-17-14-10-6-5-7-11-14/h2,6-7,10-11H,1,3-4,8-9,12-13H2. The van der Waals surface area contributed by atoms with Crippen molar-refractivity contribution in [1.29, 1.82) is 0 Å². The van der Waals surface area contributed by atoms with E-state index in [4.69, 9.17) is 9.47 Å². The van der Waals surface area contributed by atoms with Crippen LogP contribution in [0.15, 0.2) is 36.9 Å². The molecule has 1 rings (SSSR count). The number of rotatable bonds is 9. The van der Waals surface area contributed by atoms with Crippen LogP contribution in [0.3, 0.4) is 0 Å². The van der Waals surface area contributed by atoms with Crippen LogP contribution in [0.2, 0.25) is 0 Å². The fourth-order valence-electron chi connectivity index (χ4n) is 1.45. The van der Waals surface area contributed by atoms with Crippen molar-refractivity contribution in [1.82, 2.24) is 0 Å². The van der Waals surface area contributed by atoms with Crippen molar-refractivity contribution in [2.75, 3.05) is 13.2 Å². The average Bonchev–Trinajstić information content (AvgIpc) is 2.42. The molecule has 0 aromatic heterocycles. The Balaban J connectivity index is 1.90. The third kappa shape index (κ3) is 6.74. The number of ether oxygens (including phenoxy) is 2. The Morgan fingerprint density at radius 3 is 2.50 bits per heavy atom. The maximum Gasteiger partial charge on any atom is 0.330 e. The highest BCUT2D eigenvalue weighted by atomic mass is 16.5. The molecule has 0 fully saturated rings. The van der Waals surface area contributed by atoms with Gasteiger partial charge in [-0.15, -0.1) is 0 Å². The zero-order valence-electron chi connectivity index (χ0n) is 10.6. The van der Waals surface area contributed by atoms with E-state index in [1.807, 2.05) is 24.3 Å². The summed E-state index contributed by atoms with van der Waals surface area (Å²) in [4.78, 5) is 10.7. The summed E-state index contributed by atoms with van der Waals surface area (Å²) in [6.45, 7) is 4.53. The van der Waals surface area contributed by atoms with Gasteiger partial charge in [0, 0.05) is 6.08 Å². The van der Waals surface area contributed by atoms with Gasteiger partial charge >= 0.3 is 5.97 Å². The Labute approximate surface area is 108 Å². The molecule has 3 heteroatoms. The molecule has 1 aromatic rings. The molecule has 18 heavy (non-hydrogen) atoms.